The van der Waals surface area contributed by atoms with Gasteiger partial charge in [-0.2, -0.15) is 0 Å². The smallest absolute Gasteiger partial charge is 0.182 e. The summed E-state index contributed by atoms with van der Waals surface area (Å²) in [5.74, 6) is 1.13. The molecule has 1 aliphatic heterocycles. The maximum Gasteiger partial charge on any atom is 0.182 e. The maximum absolute atomic E-state index is 9.92. The van der Waals surface area contributed by atoms with Crippen LogP contribution in [0.1, 0.15) is 31.9 Å². The van der Waals surface area contributed by atoms with E-state index in [-0.39, 0.29) is 5.60 Å². The van der Waals surface area contributed by atoms with Gasteiger partial charge in [0, 0.05) is 13.1 Å². The van der Waals surface area contributed by atoms with Crippen molar-refractivity contribution in [2.24, 2.45) is 0 Å². The molecule has 1 heterocycles. The molecule has 0 amide bonds. The van der Waals surface area contributed by atoms with Crippen molar-refractivity contribution in [3.05, 3.63) is 41.8 Å². The number of fused-ring (bicyclic) bond motifs is 1. The Hall–Kier alpha value is -1.64. The summed E-state index contributed by atoms with van der Waals surface area (Å²) in [6.45, 7) is 11.8. The molecule has 3 nitrogen and oxygen atoms in total. The van der Waals surface area contributed by atoms with Gasteiger partial charge in [0.15, 0.2) is 5.88 Å². The molecule has 1 N–H and O–H groups in total. The van der Waals surface area contributed by atoms with E-state index in [4.69, 9.17) is 4.74 Å². The number of ether oxygens (including phenoxy) is 1. The van der Waals surface area contributed by atoms with Crippen LogP contribution in [0.2, 0.25) is 0 Å². The van der Waals surface area contributed by atoms with E-state index in [0.717, 1.165) is 37.4 Å². The first-order chi connectivity index (χ1) is 8.87. The van der Waals surface area contributed by atoms with Crippen LogP contribution in [0.3, 0.4) is 0 Å². The van der Waals surface area contributed by atoms with Crippen molar-refractivity contribution < 1.29 is 9.84 Å². The molecule has 0 fully saturated rings. The minimum absolute atomic E-state index is 0.224. The van der Waals surface area contributed by atoms with Crippen LogP contribution < -0.4 is 0 Å². The van der Waals surface area contributed by atoms with Crippen molar-refractivity contribution in [3.8, 4) is 5.75 Å². The lowest BCUT2D eigenvalue weighted by Crippen LogP contribution is -2.31. The Morgan fingerprint density at radius 1 is 1.26 bits per heavy atom. The molecule has 0 saturated carbocycles. The number of nitrogens with zero attached hydrogens (tertiary/aromatic N) is 1. The number of phenols is 1. The third kappa shape index (κ3) is 3.43. The summed E-state index contributed by atoms with van der Waals surface area (Å²) in [4.78, 5) is 2.16. The van der Waals surface area contributed by atoms with Crippen molar-refractivity contribution in [1.29, 1.82) is 0 Å². The zero-order valence-corrected chi connectivity index (χ0v) is 12.1. The van der Waals surface area contributed by atoms with Gasteiger partial charge in [0.05, 0.1) is 0 Å². The molecule has 2 rings (SSSR count). The Kier molecular flexibility index (Phi) is 3.74. The lowest BCUT2D eigenvalue weighted by atomic mass is 10.0. The number of benzene rings is 1. The first-order valence-electron chi connectivity index (χ1n) is 6.79. The molecule has 0 aromatic heterocycles. The summed E-state index contributed by atoms with van der Waals surface area (Å²) >= 11 is 0. The van der Waals surface area contributed by atoms with Crippen LogP contribution in [0.4, 0.5) is 0 Å². The van der Waals surface area contributed by atoms with Crippen LogP contribution in [0.5, 0.6) is 5.75 Å². The molecule has 1 aromatic carbocycles. The number of hydrogen-bond donors (Lipinski definition) is 1. The van der Waals surface area contributed by atoms with Crippen LogP contribution in [0.25, 0.3) is 0 Å². The molecule has 1 aliphatic rings. The molecule has 0 saturated heterocycles. The predicted octanol–water partition coefficient (Wildman–Crippen LogP) is 3.08. The van der Waals surface area contributed by atoms with Crippen LogP contribution in [0, 0.1) is 0 Å². The average molecular weight is 261 g/mol. The van der Waals surface area contributed by atoms with E-state index < -0.39 is 0 Å². The van der Waals surface area contributed by atoms with Crippen LogP contribution in [-0.2, 0) is 17.6 Å². The van der Waals surface area contributed by atoms with E-state index in [1.807, 2.05) is 26.8 Å². The van der Waals surface area contributed by atoms with E-state index >= 15 is 0 Å². The average Bonchev–Trinajstić information content (AvgIpc) is 2.50. The normalized spacial score (nSPS) is 15.6. The second-order valence-corrected chi connectivity index (χ2v) is 6.01. The summed E-state index contributed by atoms with van der Waals surface area (Å²) < 4.78 is 5.83. The minimum atomic E-state index is -0.224. The van der Waals surface area contributed by atoms with Gasteiger partial charge >= 0.3 is 0 Å². The third-order valence-corrected chi connectivity index (χ3v) is 3.31. The highest BCUT2D eigenvalue weighted by Gasteiger charge is 2.21. The van der Waals surface area contributed by atoms with E-state index in [1.54, 1.807) is 6.07 Å². The number of phenolic OH excluding ortho intramolecular Hbond substituents is 1. The van der Waals surface area contributed by atoms with Crippen molar-refractivity contribution in [3.63, 3.8) is 0 Å². The Bertz CT molecular complexity index is 474. The lowest BCUT2D eigenvalue weighted by Gasteiger charge is -2.30. The van der Waals surface area contributed by atoms with E-state index in [0.29, 0.717) is 5.75 Å². The first-order valence-corrected chi connectivity index (χ1v) is 6.79. The zero-order valence-electron chi connectivity index (χ0n) is 12.1. The van der Waals surface area contributed by atoms with Crippen LogP contribution in [0.15, 0.2) is 30.7 Å². The Morgan fingerprint density at radius 3 is 2.63 bits per heavy atom. The molecule has 3 heteroatoms. The van der Waals surface area contributed by atoms with Crippen LogP contribution in [-0.4, -0.2) is 28.7 Å². The fourth-order valence-electron chi connectivity index (χ4n) is 2.43. The Labute approximate surface area is 115 Å². The predicted molar refractivity (Wildman–Crippen MR) is 77.1 cm³/mol. The molecule has 0 atom stereocenters. The SMILES string of the molecule is C=C(OC(C)(C)C)N1CCc2cccc(O)c2CC1. The topological polar surface area (TPSA) is 32.7 Å². The van der Waals surface area contributed by atoms with Crippen molar-refractivity contribution in [1.82, 2.24) is 4.90 Å². The van der Waals surface area contributed by atoms with Gasteiger partial charge in [-0.1, -0.05) is 12.1 Å². The monoisotopic (exact) mass is 261 g/mol. The van der Waals surface area contributed by atoms with Gasteiger partial charge in [0.25, 0.3) is 0 Å². The zero-order chi connectivity index (χ0) is 14.0. The Morgan fingerprint density at radius 2 is 1.95 bits per heavy atom. The fourth-order valence-corrected chi connectivity index (χ4v) is 2.43. The summed E-state index contributed by atoms with van der Waals surface area (Å²) in [6.07, 6.45) is 1.74. The highest BCUT2D eigenvalue weighted by atomic mass is 16.5. The summed E-state index contributed by atoms with van der Waals surface area (Å²) in [5, 5.41) is 9.92. The third-order valence-electron chi connectivity index (χ3n) is 3.31. The quantitative estimate of drug-likeness (QED) is 0.830. The molecule has 1 aromatic rings. The van der Waals surface area contributed by atoms with Gasteiger partial charge in [0.2, 0.25) is 0 Å². The molecule has 0 radical (unpaired) electrons. The maximum atomic E-state index is 9.92. The van der Waals surface area contributed by atoms with Crippen molar-refractivity contribution >= 4 is 0 Å². The largest absolute Gasteiger partial charge is 0.508 e. The minimum Gasteiger partial charge on any atom is -0.508 e. The number of hydrogen-bond acceptors (Lipinski definition) is 3. The molecule has 19 heavy (non-hydrogen) atoms. The van der Waals surface area contributed by atoms with E-state index in [1.165, 1.54) is 5.56 Å². The second kappa shape index (κ2) is 5.16. The van der Waals surface area contributed by atoms with E-state index in [2.05, 4.69) is 17.5 Å². The number of aromatic hydroxyl groups is 1. The number of rotatable bonds is 2. The van der Waals surface area contributed by atoms with Gasteiger partial charge in [-0.05, 0) is 57.4 Å². The molecule has 0 aliphatic carbocycles. The van der Waals surface area contributed by atoms with Crippen molar-refractivity contribution in [2.45, 2.75) is 39.2 Å². The van der Waals surface area contributed by atoms with Crippen LogP contribution >= 0.6 is 0 Å². The Balaban J connectivity index is 2.08. The first kappa shape index (κ1) is 13.8. The lowest BCUT2D eigenvalue weighted by molar-refractivity contribution is 0.00397. The van der Waals surface area contributed by atoms with Gasteiger partial charge in [-0.25, -0.2) is 0 Å². The summed E-state index contributed by atoms with van der Waals surface area (Å²) in [5.41, 5.74) is 2.07. The molecule has 0 spiro atoms. The fraction of sp³-hybridized carbons (Fsp3) is 0.500. The van der Waals surface area contributed by atoms with Gasteiger partial charge in [0.1, 0.15) is 11.4 Å². The second-order valence-electron chi connectivity index (χ2n) is 6.01. The standard InChI is InChI=1S/C16H23NO2/c1-12(19-16(2,3)4)17-10-8-13-6-5-7-15(18)14(13)9-11-17/h5-7,18H,1,8-11H2,2-4H3. The van der Waals surface area contributed by atoms with Gasteiger partial charge in [-0.15, -0.1) is 0 Å². The molecule has 0 bridgehead atoms. The summed E-state index contributed by atoms with van der Waals surface area (Å²) in [7, 11) is 0. The molecule has 104 valence electrons. The van der Waals surface area contributed by atoms with Gasteiger partial charge < -0.3 is 14.7 Å². The molecular weight excluding hydrogens is 238 g/mol. The highest BCUT2D eigenvalue weighted by molar-refractivity contribution is 5.40. The highest BCUT2D eigenvalue weighted by Crippen LogP contribution is 2.26. The van der Waals surface area contributed by atoms with E-state index in [9.17, 15) is 5.11 Å². The summed E-state index contributed by atoms with van der Waals surface area (Å²) in [6, 6.07) is 5.76. The molecule has 0 unspecified atom stereocenters. The van der Waals surface area contributed by atoms with Gasteiger partial charge in [-0.3, -0.25) is 0 Å². The van der Waals surface area contributed by atoms with Crippen molar-refractivity contribution in [2.75, 3.05) is 13.1 Å². The molecular formula is C16H23NO2.